The first-order valence-electron chi connectivity index (χ1n) is 3.87. The second-order valence-corrected chi connectivity index (χ2v) is 2.65. The molecular formula is C10H8O3. The maximum absolute atomic E-state index is 11.3. The Morgan fingerprint density at radius 3 is 2.92 bits per heavy atom. The van der Waals surface area contributed by atoms with E-state index in [1.165, 1.54) is 13.4 Å². The van der Waals surface area contributed by atoms with E-state index in [9.17, 15) is 4.79 Å². The molecule has 0 bridgehead atoms. The van der Waals surface area contributed by atoms with E-state index in [-0.39, 0.29) is 5.97 Å². The number of carbonyl (C=O) groups is 1. The molecular weight excluding hydrogens is 168 g/mol. The molecule has 1 aliphatic heterocycles. The van der Waals surface area contributed by atoms with E-state index in [2.05, 4.69) is 0 Å². The Morgan fingerprint density at radius 1 is 1.38 bits per heavy atom. The van der Waals surface area contributed by atoms with Crippen molar-refractivity contribution in [2.75, 3.05) is 7.11 Å². The summed E-state index contributed by atoms with van der Waals surface area (Å²) in [5.41, 5.74) is 1.26. The quantitative estimate of drug-likeness (QED) is 0.282. The van der Waals surface area contributed by atoms with Crippen LogP contribution >= 0.6 is 0 Å². The monoisotopic (exact) mass is 176 g/mol. The first-order valence-corrected chi connectivity index (χ1v) is 3.87. The lowest BCUT2D eigenvalue weighted by Gasteiger charge is -1.93. The molecule has 0 amide bonds. The van der Waals surface area contributed by atoms with Gasteiger partial charge < -0.3 is 9.47 Å². The molecule has 66 valence electrons. The molecule has 0 aliphatic carbocycles. The normalized spacial score (nSPS) is 17.0. The number of hydrogen-bond donors (Lipinski definition) is 0. The molecule has 13 heavy (non-hydrogen) atoms. The Balaban J connectivity index is 2.53. The summed E-state index contributed by atoms with van der Waals surface area (Å²) in [6.45, 7) is 0. The highest BCUT2D eigenvalue weighted by Crippen LogP contribution is 2.33. The topological polar surface area (TPSA) is 35.5 Å². The SMILES string of the molecule is CO/C=C1/C(=O)Oc2ccccc21. The first-order chi connectivity index (χ1) is 6.33. The molecule has 0 N–H and O–H groups in total. The van der Waals surface area contributed by atoms with Crippen molar-refractivity contribution in [3.05, 3.63) is 36.1 Å². The van der Waals surface area contributed by atoms with Gasteiger partial charge >= 0.3 is 5.97 Å². The molecule has 1 heterocycles. The van der Waals surface area contributed by atoms with Crippen LogP contribution in [0.25, 0.3) is 5.57 Å². The van der Waals surface area contributed by atoms with Gasteiger partial charge in [-0.05, 0) is 6.07 Å². The minimum atomic E-state index is -0.358. The van der Waals surface area contributed by atoms with Crippen LogP contribution in [0.3, 0.4) is 0 Å². The first kappa shape index (κ1) is 7.86. The van der Waals surface area contributed by atoms with Crippen molar-refractivity contribution in [2.24, 2.45) is 0 Å². The highest BCUT2D eigenvalue weighted by molar-refractivity contribution is 6.21. The second-order valence-electron chi connectivity index (χ2n) is 2.65. The minimum Gasteiger partial charge on any atom is -0.503 e. The summed E-state index contributed by atoms with van der Waals surface area (Å²) in [4.78, 5) is 11.3. The predicted octanol–water partition coefficient (Wildman–Crippen LogP) is 1.59. The fraction of sp³-hybridized carbons (Fsp3) is 0.100. The number of hydrogen-bond acceptors (Lipinski definition) is 3. The van der Waals surface area contributed by atoms with Gasteiger partial charge in [0.05, 0.1) is 13.4 Å². The van der Waals surface area contributed by atoms with Gasteiger partial charge in [0.1, 0.15) is 11.3 Å². The van der Waals surface area contributed by atoms with Crippen molar-refractivity contribution in [3.8, 4) is 5.75 Å². The maximum Gasteiger partial charge on any atom is 0.347 e. The summed E-state index contributed by atoms with van der Waals surface area (Å²) in [7, 11) is 1.50. The van der Waals surface area contributed by atoms with Crippen molar-refractivity contribution in [1.29, 1.82) is 0 Å². The summed E-state index contributed by atoms with van der Waals surface area (Å²) >= 11 is 0. The van der Waals surface area contributed by atoms with Crippen LogP contribution in [0.2, 0.25) is 0 Å². The number of carbonyl (C=O) groups excluding carboxylic acids is 1. The third-order valence-electron chi connectivity index (χ3n) is 1.84. The molecule has 0 aromatic heterocycles. The Labute approximate surface area is 75.6 Å². The maximum atomic E-state index is 11.3. The minimum absolute atomic E-state index is 0.358. The van der Waals surface area contributed by atoms with Gasteiger partial charge in [-0.2, -0.15) is 0 Å². The zero-order valence-corrected chi connectivity index (χ0v) is 7.11. The van der Waals surface area contributed by atoms with Gasteiger partial charge in [0.2, 0.25) is 0 Å². The van der Waals surface area contributed by atoms with Crippen LogP contribution in [-0.4, -0.2) is 13.1 Å². The lowest BCUT2D eigenvalue weighted by molar-refractivity contribution is -0.127. The van der Waals surface area contributed by atoms with Crippen molar-refractivity contribution in [2.45, 2.75) is 0 Å². The van der Waals surface area contributed by atoms with Gasteiger partial charge in [0, 0.05) is 5.56 Å². The van der Waals surface area contributed by atoms with Crippen molar-refractivity contribution < 1.29 is 14.3 Å². The second kappa shape index (κ2) is 2.94. The van der Waals surface area contributed by atoms with Crippen LogP contribution in [0.5, 0.6) is 5.75 Å². The Bertz CT molecular complexity index is 380. The standard InChI is InChI=1S/C10H8O3/c1-12-6-8-7-4-2-3-5-9(7)13-10(8)11/h2-6H,1H3/b8-6+. The van der Waals surface area contributed by atoms with E-state index in [1.54, 1.807) is 6.07 Å². The Morgan fingerprint density at radius 2 is 2.15 bits per heavy atom. The summed E-state index contributed by atoms with van der Waals surface area (Å²) < 4.78 is 9.77. The van der Waals surface area contributed by atoms with Crippen molar-refractivity contribution >= 4 is 11.5 Å². The van der Waals surface area contributed by atoms with Gasteiger partial charge in [-0.25, -0.2) is 4.79 Å². The molecule has 1 aromatic carbocycles. The largest absolute Gasteiger partial charge is 0.503 e. The van der Waals surface area contributed by atoms with Gasteiger partial charge in [0.25, 0.3) is 0 Å². The average molecular weight is 176 g/mol. The van der Waals surface area contributed by atoms with Crippen LogP contribution in [0.1, 0.15) is 5.56 Å². The molecule has 0 fully saturated rings. The number of fused-ring (bicyclic) bond motifs is 1. The number of benzene rings is 1. The summed E-state index contributed by atoms with van der Waals surface area (Å²) in [5, 5.41) is 0. The number of esters is 1. The zero-order valence-electron chi connectivity index (χ0n) is 7.11. The summed E-state index contributed by atoms with van der Waals surface area (Å²) in [6, 6.07) is 7.25. The van der Waals surface area contributed by atoms with Gasteiger partial charge in [-0.3, -0.25) is 0 Å². The lowest BCUT2D eigenvalue weighted by Crippen LogP contribution is -2.00. The molecule has 1 aromatic rings. The van der Waals surface area contributed by atoms with Crippen LogP contribution in [0, 0.1) is 0 Å². The number of para-hydroxylation sites is 1. The van der Waals surface area contributed by atoms with E-state index >= 15 is 0 Å². The number of ether oxygens (including phenoxy) is 2. The highest BCUT2D eigenvalue weighted by Gasteiger charge is 2.26. The zero-order chi connectivity index (χ0) is 9.26. The third-order valence-corrected chi connectivity index (χ3v) is 1.84. The Kier molecular flexibility index (Phi) is 1.77. The Hall–Kier alpha value is -1.77. The lowest BCUT2D eigenvalue weighted by atomic mass is 10.1. The van der Waals surface area contributed by atoms with E-state index in [1.807, 2.05) is 18.2 Å². The van der Waals surface area contributed by atoms with E-state index in [0.717, 1.165) is 5.56 Å². The molecule has 0 unspecified atom stereocenters. The van der Waals surface area contributed by atoms with Gasteiger partial charge in [-0.1, -0.05) is 18.2 Å². The van der Waals surface area contributed by atoms with Crippen LogP contribution in [0.15, 0.2) is 30.5 Å². The van der Waals surface area contributed by atoms with Crippen molar-refractivity contribution in [1.82, 2.24) is 0 Å². The average Bonchev–Trinajstić information content (AvgIpc) is 2.44. The van der Waals surface area contributed by atoms with Crippen molar-refractivity contribution in [3.63, 3.8) is 0 Å². The highest BCUT2D eigenvalue weighted by atomic mass is 16.5. The molecule has 0 saturated heterocycles. The predicted molar refractivity (Wildman–Crippen MR) is 47.1 cm³/mol. The molecule has 1 aliphatic rings. The molecule has 0 atom stereocenters. The molecule has 2 rings (SSSR count). The number of methoxy groups -OCH3 is 1. The van der Waals surface area contributed by atoms with Gasteiger partial charge in [0.15, 0.2) is 0 Å². The van der Waals surface area contributed by atoms with E-state index < -0.39 is 0 Å². The number of rotatable bonds is 1. The summed E-state index contributed by atoms with van der Waals surface area (Å²) in [5.74, 6) is 0.235. The fourth-order valence-electron chi connectivity index (χ4n) is 1.27. The molecule has 0 spiro atoms. The van der Waals surface area contributed by atoms with E-state index in [4.69, 9.17) is 9.47 Å². The summed E-state index contributed by atoms with van der Waals surface area (Å²) in [6.07, 6.45) is 1.40. The molecule has 0 radical (unpaired) electrons. The molecule has 3 nitrogen and oxygen atoms in total. The smallest absolute Gasteiger partial charge is 0.347 e. The third kappa shape index (κ3) is 1.18. The van der Waals surface area contributed by atoms with E-state index in [0.29, 0.717) is 11.3 Å². The van der Waals surface area contributed by atoms with Crippen LogP contribution < -0.4 is 4.74 Å². The fourth-order valence-corrected chi connectivity index (χ4v) is 1.27. The molecule has 3 heteroatoms. The molecule has 0 saturated carbocycles. The van der Waals surface area contributed by atoms with Crippen LogP contribution in [0.4, 0.5) is 0 Å². The van der Waals surface area contributed by atoms with Gasteiger partial charge in [-0.15, -0.1) is 0 Å². The van der Waals surface area contributed by atoms with Crippen LogP contribution in [-0.2, 0) is 9.53 Å².